The maximum absolute atomic E-state index is 6.77. The number of pyridine rings is 1. The topological polar surface area (TPSA) is 42.4 Å². The van der Waals surface area contributed by atoms with Crippen molar-refractivity contribution < 1.29 is 8.83 Å². The van der Waals surface area contributed by atoms with Crippen LogP contribution in [0.25, 0.3) is 65.9 Å². The molecule has 0 spiro atoms. The van der Waals surface area contributed by atoms with E-state index in [1.54, 1.807) is 0 Å². The van der Waals surface area contributed by atoms with E-state index in [0.29, 0.717) is 0 Å². The van der Waals surface area contributed by atoms with Crippen molar-refractivity contribution in [1.82, 2.24) is 4.98 Å². The summed E-state index contributed by atoms with van der Waals surface area (Å²) in [7, 11) is 0. The molecule has 0 atom stereocenters. The van der Waals surface area contributed by atoms with Crippen molar-refractivity contribution in [3.63, 3.8) is 0 Å². The Morgan fingerprint density at radius 1 is 0.465 bits per heavy atom. The van der Waals surface area contributed by atoms with Gasteiger partial charge in [-0.1, -0.05) is 97.1 Å². The van der Waals surface area contributed by atoms with Crippen LogP contribution in [-0.2, 0) is 0 Å². The number of hydrogen-bond donors (Lipinski definition) is 0. The molecule has 43 heavy (non-hydrogen) atoms. The number of anilines is 3. The average molecular weight is 553 g/mol. The molecule has 0 saturated heterocycles. The Morgan fingerprint density at radius 2 is 1.21 bits per heavy atom. The second-order valence-electron chi connectivity index (χ2n) is 10.8. The molecule has 9 rings (SSSR count). The van der Waals surface area contributed by atoms with Gasteiger partial charge in [0.05, 0.1) is 16.8 Å². The monoisotopic (exact) mass is 552 g/mol. The van der Waals surface area contributed by atoms with Crippen molar-refractivity contribution in [2.24, 2.45) is 0 Å². The molecule has 0 radical (unpaired) electrons. The largest absolute Gasteiger partial charge is 0.456 e. The van der Waals surface area contributed by atoms with Crippen molar-refractivity contribution in [2.75, 3.05) is 4.90 Å². The lowest BCUT2D eigenvalue weighted by Crippen LogP contribution is -2.10. The van der Waals surface area contributed by atoms with Crippen LogP contribution < -0.4 is 4.90 Å². The molecule has 0 saturated carbocycles. The van der Waals surface area contributed by atoms with E-state index in [1.807, 2.05) is 36.5 Å². The van der Waals surface area contributed by atoms with Gasteiger partial charge < -0.3 is 13.7 Å². The number of hydrogen-bond acceptors (Lipinski definition) is 4. The van der Waals surface area contributed by atoms with Gasteiger partial charge in [-0.3, -0.25) is 4.98 Å². The van der Waals surface area contributed by atoms with E-state index in [-0.39, 0.29) is 0 Å². The molecule has 0 N–H and O–H groups in total. The molecule has 0 aliphatic heterocycles. The standard InChI is InChI=1S/C39H24N2O2/c1-2-9-25(10-3-1)26-17-20-28(21-18-26)41(32-14-8-16-35-36(32)30-13-6-7-15-34(30)42-35)33-23-24-40-37-31-22-19-27-11-4-5-12-29(27)38(31)43-39(33)37/h1-24H. The summed E-state index contributed by atoms with van der Waals surface area (Å²) >= 11 is 0. The fourth-order valence-electron chi connectivity index (χ4n) is 6.33. The van der Waals surface area contributed by atoms with Gasteiger partial charge in [-0.05, 0) is 59.0 Å². The predicted molar refractivity (Wildman–Crippen MR) is 176 cm³/mol. The third kappa shape index (κ3) is 3.67. The minimum Gasteiger partial charge on any atom is -0.456 e. The van der Waals surface area contributed by atoms with Crippen LogP contribution in [0, 0.1) is 0 Å². The summed E-state index contributed by atoms with van der Waals surface area (Å²) in [5, 5.41) is 5.34. The maximum atomic E-state index is 6.77. The smallest absolute Gasteiger partial charge is 0.177 e. The molecule has 0 aliphatic carbocycles. The van der Waals surface area contributed by atoms with E-state index < -0.39 is 0 Å². The molecule has 4 nitrogen and oxygen atoms in total. The van der Waals surface area contributed by atoms with Crippen LogP contribution >= 0.6 is 0 Å². The highest BCUT2D eigenvalue weighted by Gasteiger charge is 2.24. The van der Waals surface area contributed by atoms with Gasteiger partial charge in [-0.15, -0.1) is 0 Å². The van der Waals surface area contributed by atoms with Crippen LogP contribution in [0.2, 0.25) is 0 Å². The highest BCUT2D eigenvalue weighted by Crippen LogP contribution is 2.46. The van der Waals surface area contributed by atoms with Gasteiger partial charge in [0.15, 0.2) is 5.58 Å². The molecule has 3 heterocycles. The van der Waals surface area contributed by atoms with Gasteiger partial charge in [0.1, 0.15) is 22.3 Å². The van der Waals surface area contributed by atoms with Crippen LogP contribution in [0.3, 0.4) is 0 Å². The molecule has 9 aromatic rings. The lowest BCUT2D eigenvalue weighted by Gasteiger charge is -2.26. The molecule has 202 valence electrons. The van der Waals surface area contributed by atoms with Gasteiger partial charge in [-0.2, -0.15) is 0 Å². The second-order valence-corrected chi connectivity index (χ2v) is 10.8. The summed E-state index contributed by atoms with van der Waals surface area (Å²) in [6.07, 6.45) is 1.88. The number of rotatable bonds is 4. The summed E-state index contributed by atoms with van der Waals surface area (Å²) in [4.78, 5) is 7.10. The summed E-state index contributed by atoms with van der Waals surface area (Å²) < 4.78 is 13.1. The van der Waals surface area contributed by atoms with Crippen molar-refractivity contribution in [3.8, 4) is 11.1 Å². The molecule has 6 aromatic carbocycles. The Bertz CT molecular complexity index is 2450. The third-order valence-corrected chi connectivity index (χ3v) is 8.32. The molecule has 0 unspecified atom stereocenters. The molecule has 3 aromatic heterocycles. The first-order chi connectivity index (χ1) is 21.3. The fourth-order valence-corrected chi connectivity index (χ4v) is 6.33. The van der Waals surface area contributed by atoms with Gasteiger partial charge in [0.25, 0.3) is 0 Å². The Labute approximate surface area is 247 Å². The first-order valence-electron chi connectivity index (χ1n) is 14.4. The minimum atomic E-state index is 0.741. The number of para-hydroxylation sites is 1. The van der Waals surface area contributed by atoms with Crippen LogP contribution in [0.15, 0.2) is 155 Å². The van der Waals surface area contributed by atoms with Gasteiger partial charge >= 0.3 is 0 Å². The first kappa shape index (κ1) is 23.8. The Kier molecular flexibility index (Phi) is 5.16. The van der Waals surface area contributed by atoms with Crippen LogP contribution in [0.5, 0.6) is 0 Å². The molecular formula is C39H24N2O2. The highest BCUT2D eigenvalue weighted by atomic mass is 16.3. The Balaban J connectivity index is 1.34. The zero-order chi connectivity index (χ0) is 28.3. The van der Waals surface area contributed by atoms with E-state index in [1.165, 1.54) is 5.56 Å². The molecule has 0 aliphatic rings. The summed E-state index contributed by atoms with van der Waals surface area (Å²) in [5.41, 5.74) is 9.40. The lowest BCUT2D eigenvalue weighted by molar-refractivity contribution is 0.668. The van der Waals surface area contributed by atoms with Crippen LogP contribution in [0.4, 0.5) is 17.1 Å². The van der Waals surface area contributed by atoms with Gasteiger partial charge in [0.2, 0.25) is 0 Å². The van der Waals surface area contributed by atoms with E-state index in [4.69, 9.17) is 13.8 Å². The number of fused-ring (bicyclic) bond motifs is 8. The highest BCUT2D eigenvalue weighted by molar-refractivity contribution is 6.18. The average Bonchev–Trinajstić information content (AvgIpc) is 3.65. The Morgan fingerprint density at radius 3 is 2.09 bits per heavy atom. The van der Waals surface area contributed by atoms with Gasteiger partial charge in [0, 0.05) is 28.0 Å². The van der Waals surface area contributed by atoms with E-state index >= 15 is 0 Å². The van der Waals surface area contributed by atoms with E-state index in [0.717, 1.165) is 77.4 Å². The first-order valence-corrected chi connectivity index (χ1v) is 14.4. The van der Waals surface area contributed by atoms with E-state index in [9.17, 15) is 0 Å². The predicted octanol–water partition coefficient (Wildman–Crippen LogP) is 11.2. The zero-order valence-corrected chi connectivity index (χ0v) is 23.1. The van der Waals surface area contributed by atoms with Crippen molar-refractivity contribution in [2.45, 2.75) is 0 Å². The third-order valence-electron chi connectivity index (χ3n) is 8.32. The number of nitrogens with zero attached hydrogens (tertiary/aromatic N) is 2. The molecular weight excluding hydrogens is 528 g/mol. The van der Waals surface area contributed by atoms with E-state index in [2.05, 4.69) is 114 Å². The zero-order valence-electron chi connectivity index (χ0n) is 23.1. The normalized spacial score (nSPS) is 11.7. The Hall–Kier alpha value is -5.87. The number of benzene rings is 6. The SMILES string of the molecule is c1ccc(-c2ccc(N(c3ccnc4c3oc3c5ccccc5ccc43)c3cccc4oc5ccccc5c34)cc2)cc1. The summed E-state index contributed by atoms with van der Waals surface area (Å²) in [6.45, 7) is 0. The molecule has 0 bridgehead atoms. The second kappa shape index (κ2) is 9.33. The van der Waals surface area contributed by atoms with Crippen LogP contribution in [-0.4, -0.2) is 4.98 Å². The van der Waals surface area contributed by atoms with Crippen LogP contribution in [0.1, 0.15) is 0 Å². The minimum absolute atomic E-state index is 0.741. The van der Waals surface area contributed by atoms with Gasteiger partial charge in [-0.25, -0.2) is 0 Å². The van der Waals surface area contributed by atoms with Crippen molar-refractivity contribution in [3.05, 3.63) is 146 Å². The summed E-state index contributed by atoms with van der Waals surface area (Å²) in [6, 6.07) is 48.2. The molecule has 0 amide bonds. The quantitative estimate of drug-likeness (QED) is 0.218. The van der Waals surface area contributed by atoms with Crippen molar-refractivity contribution in [1.29, 1.82) is 0 Å². The lowest BCUT2D eigenvalue weighted by atomic mass is 10.0. The molecule has 0 fully saturated rings. The summed E-state index contributed by atoms with van der Waals surface area (Å²) in [5.74, 6) is 0. The number of furan rings is 2. The molecule has 4 heteroatoms. The fraction of sp³-hybridized carbons (Fsp3) is 0. The van der Waals surface area contributed by atoms with Crippen molar-refractivity contribution >= 4 is 71.8 Å². The number of aromatic nitrogens is 1. The maximum Gasteiger partial charge on any atom is 0.177 e.